The van der Waals surface area contributed by atoms with Gasteiger partial charge >= 0.3 is 6.18 Å². The van der Waals surface area contributed by atoms with E-state index in [0.29, 0.717) is 24.2 Å². The highest BCUT2D eigenvalue weighted by atomic mass is 19.4. The molecule has 7 heteroatoms. The fourth-order valence-corrected chi connectivity index (χ4v) is 1.69. The first-order chi connectivity index (χ1) is 8.81. The third-order valence-corrected chi connectivity index (χ3v) is 2.70. The van der Waals surface area contributed by atoms with Crippen LogP contribution >= 0.6 is 0 Å². The molecule has 0 heterocycles. The van der Waals surface area contributed by atoms with E-state index in [1.54, 1.807) is 19.1 Å². The van der Waals surface area contributed by atoms with Crippen LogP contribution < -0.4 is 5.32 Å². The standard InChI is InChI=1S/C12H15F3N2O2/c1-9-10(5-4-6-11(9)17(18)19)16-8-3-2-7-12(13,14)15/h4-6,16H,2-3,7-8H2,1H3. The van der Waals surface area contributed by atoms with Crippen molar-refractivity contribution >= 4 is 11.4 Å². The number of anilines is 1. The maximum atomic E-state index is 11.9. The molecule has 0 spiro atoms. The first kappa shape index (κ1) is 15.3. The molecule has 1 aromatic carbocycles. The lowest BCUT2D eigenvalue weighted by Gasteiger charge is -2.10. The number of nitrogens with zero attached hydrogens (tertiary/aromatic N) is 1. The zero-order valence-electron chi connectivity index (χ0n) is 10.5. The number of alkyl halides is 3. The number of halogens is 3. The summed E-state index contributed by atoms with van der Waals surface area (Å²) in [6.07, 6.45) is -4.52. The van der Waals surface area contributed by atoms with E-state index in [4.69, 9.17) is 0 Å². The van der Waals surface area contributed by atoms with Crippen LogP contribution in [0.25, 0.3) is 0 Å². The number of hydrogen-bond donors (Lipinski definition) is 1. The molecule has 0 unspecified atom stereocenters. The minimum absolute atomic E-state index is 0.000270. The average molecular weight is 276 g/mol. The third kappa shape index (κ3) is 5.15. The lowest BCUT2D eigenvalue weighted by Crippen LogP contribution is -2.09. The highest BCUT2D eigenvalue weighted by Gasteiger charge is 2.25. The number of hydrogen-bond acceptors (Lipinski definition) is 3. The molecule has 4 nitrogen and oxygen atoms in total. The second-order valence-corrected chi connectivity index (χ2v) is 4.21. The number of nitro groups is 1. The van der Waals surface area contributed by atoms with E-state index in [0.717, 1.165) is 0 Å². The second kappa shape index (κ2) is 6.40. The number of nitro benzene ring substituents is 1. The van der Waals surface area contributed by atoms with Gasteiger partial charge in [0.1, 0.15) is 0 Å². The Balaban J connectivity index is 2.46. The Morgan fingerprint density at radius 1 is 1.32 bits per heavy atom. The number of unbranched alkanes of at least 4 members (excludes halogenated alkanes) is 1. The molecule has 1 rings (SSSR count). The Labute approximate surface area is 108 Å². The highest BCUT2D eigenvalue weighted by molar-refractivity contribution is 5.59. The molecular weight excluding hydrogens is 261 g/mol. The molecule has 19 heavy (non-hydrogen) atoms. The Morgan fingerprint density at radius 3 is 2.58 bits per heavy atom. The van der Waals surface area contributed by atoms with E-state index < -0.39 is 17.5 Å². The van der Waals surface area contributed by atoms with Gasteiger partial charge in [-0.25, -0.2) is 0 Å². The van der Waals surface area contributed by atoms with Crippen molar-refractivity contribution in [3.63, 3.8) is 0 Å². The molecule has 1 N–H and O–H groups in total. The molecule has 0 bridgehead atoms. The van der Waals surface area contributed by atoms with E-state index in [2.05, 4.69) is 5.32 Å². The topological polar surface area (TPSA) is 55.2 Å². The summed E-state index contributed by atoms with van der Waals surface area (Å²) in [6, 6.07) is 4.61. The van der Waals surface area contributed by atoms with Crippen LogP contribution in [0, 0.1) is 17.0 Å². The first-order valence-electron chi connectivity index (χ1n) is 5.86. The third-order valence-electron chi connectivity index (χ3n) is 2.70. The summed E-state index contributed by atoms with van der Waals surface area (Å²) in [6.45, 7) is 1.97. The van der Waals surface area contributed by atoms with Crippen LogP contribution in [0.4, 0.5) is 24.5 Å². The largest absolute Gasteiger partial charge is 0.389 e. The lowest BCUT2D eigenvalue weighted by molar-refractivity contribution is -0.385. The van der Waals surface area contributed by atoms with Crippen molar-refractivity contribution in [2.45, 2.75) is 32.4 Å². The first-order valence-corrected chi connectivity index (χ1v) is 5.86. The molecule has 0 saturated heterocycles. The summed E-state index contributed by atoms with van der Waals surface area (Å²) in [4.78, 5) is 10.2. The van der Waals surface area contributed by atoms with Gasteiger partial charge in [0.2, 0.25) is 0 Å². The van der Waals surface area contributed by atoms with Gasteiger partial charge in [-0.05, 0) is 25.8 Å². The molecule has 0 atom stereocenters. The molecule has 1 aromatic rings. The summed E-state index contributed by atoms with van der Waals surface area (Å²) < 4.78 is 35.7. The average Bonchev–Trinajstić information content (AvgIpc) is 2.28. The van der Waals surface area contributed by atoms with Gasteiger partial charge in [0.05, 0.1) is 4.92 Å². The smallest absolute Gasteiger partial charge is 0.385 e. The summed E-state index contributed by atoms with van der Waals surface area (Å²) in [5.41, 5.74) is 1.07. The minimum Gasteiger partial charge on any atom is -0.385 e. The van der Waals surface area contributed by atoms with Crippen molar-refractivity contribution < 1.29 is 18.1 Å². The van der Waals surface area contributed by atoms with Gasteiger partial charge in [0, 0.05) is 30.3 Å². The van der Waals surface area contributed by atoms with Crippen LogP contribution in [0.2, 0.25) is 0 Å². The maximum absolute atomic E-state index is 11.9. The predicted molar refractivity (Wildman–Crippen MR) is 66.2 cm³/mol. The molecule has 0 aliphatic carbocycles. The number of benzene rings is 1. The van der Waals surface area contributed by atoms with E-state index in [-0.39, 0.29) is 12.1 Å². The molecular formula is C12H15F3N2O2. The van der Waals surface area contributed by atoms with E-state index >= 15 is 0 Å². The van der Waals surface area contributed by atoms with Gasteiger partial charge in [-0.1, -0.05) is 6.07 Å². The van der Waals surface area contributed by atoms with Crippen LogP contribution in [0.5, 0.6) is 0 Å². The lowest BCUT2D eigenvalue weighted by atomic mass is 10.1. The maximum Gasteiger partial charge on any atom is 0.389 e. The Kier molecular flexibility index (Phi) is 5.14. The van der Waals surface area contributed by atoms with E-state index in [1.165, 1.54) is 6.07 Å². The molecule has 0 saturated carbocycles. The van der Waals surface area contributed by atoms with Crippen molar-refractivity contribution in [3.05, 3.63) is 33.9 Å². The van der Waals surface area contributed by atoms with Gasteiger partial charge in [0.15, 0.2) is 0 Å². The van der Waals surface area contributed by atoms with Crippen molar-refractivity contribution in [2.24, 2.45) is 0 Å². The fourth-order valence-electron chi connectivity index (χ4n) is 1.69. The van der Waals surface area contributed by atoms with Crippen LogP contribution in [-0.2, 0) is 0 Å². The van der Waals surface area contributed by atoms with Gasteiger partial charge in [-0.15, -0.1) is 0 Å². The summed E-state index contributed by atoms with van der Waals surface area (Å²) in [5, 5.41) is 13.6. The minimum atomic E-state index is -4.12. The monoisotopic (exact) mass is 276 g/mol. The SMILES string of the molecule is Cc1c(NCCCCC(F)(F)F)cccc1[N+](=O)[O-]. The molecule has 0 aliphatic heterocycles. The molecule has 0 radical (unpaired) electrons. The summed E-state index contributed by atoms with van der Waals surface area (Å²) in [5.74, 6) is 0. The molecule has 0 amide bonds. The van der Waals surface area contributed by atoms with Gasteiger partial charge < -0.3 is 5.32 Å². The molecule has 0 aliphatic rings. The Bertz CT molecular complexity index is 447. The Morgan fingerprint density at radius 2 is 2.00 bits per heavy atom. The molecule has 0 fully saturated rings. The Hall–Kier alpha value is -1.79. The number of rotatable bonds is 6. The molecule has 106 valence electrons. The zero-order valence-corrected chi connectivity index (χ0v) is 10.5. The highest BCUT2D eigenvalue weighted by Crippen LogP contribution is 2.25. The van der Waals surface area contributed by atoms with Crippen molar-refractivity contribution in [2.75, 3.05) is 11.9 Å². The predicted octanol–water partition coefficient (Wildman–Crippen LogP) is 4.05. The number of nitrogens with one attached hydrogen (secondary N) is 1. The summed E-state index contributed by atoms with van der Waals surface area (Å²) in [7, 11) is 0. The van der Waals surface area contributed by atoms with Crippen molar-refractivity contribution in [3.8, 4) is 0 Å². The van der Waals surface area contributed by atoms with Gasteiger partial charge in [-0.3, -0.25) is 10.1 Å². The zero-order chi connectivity index (χ0) is 14.5. The van der Waals surface area contributed by atoms with Crippen molar-refractivity contribution in [1.82, 2.24) is 0 Å². The van der Waals surface area contributed by atoms with Gasteiger partial charge in [0.25, 0.3) is 5.69 Å². The normalized spacial score (nSPS) is 11.4. The van der Waals surface area contributed by atoms with Crippen molar-refractivity contribution in [1.29, 1.82) is 0 Å². The molecule has 0 aromatic heterocycles. The quantitative estimate of drug-likeness (QED) is 0.484. The van der Waals surface area contributed by atoms with Gasteiger partial charge in [-0.2, -0.15) is 13.2 Å². The van der Waals surface area contributed by atoms with E-state index in [9.17, 15) is 23.3 Å². The summed E-state index contributed by atoms with van der Waals surface area (Å²) >= 11 is 0. The van der Waals surface area contributed by atoms with Crippen LogP contribution in [-0.4, -0.2) is 17.6 Å². The van der Waals surface area contributed by atoms with Crippen LogP contribution in [0.3, 0.4) is 0 Å². The van der Waals surface area contributed by atoms with Crippen LogP contribution in [0.1, 0.15) is 24.8 Å². The second-order valence-electron chi connectivity index (χ2n) is 4.21. The fraction of sp³-hybridized carbons (Fsp3) is 0.500. The van der Waals surface area contributed by atoms with E-state index in [1.807, 2.05) is 0 Å². The van der Waals surface area contributed by atoms with Crippen LogP contribution in [0.15, 0.2) is 18.2 Å².